The molecule has 0 heterocycles. The Kier molecular flexibility index (Phi) is 4.77. The summed E-state index contributed by atoms with van der Waals surface area (Å²) in [4.78, 5) is 0. The standard InChI is InChI=1S/C17H16Br3N/c1-10-5-15(19)17(16(20)6-10)21-14-8-12(9-14)11-3-2-4-13(18)7-11/h2-7,12,14,21H,8-9H2,1H3. The van der Waals surface area contributed by atoms with Gasteiger partial charge < -0.3 is 5.32 Å². The van der Waals surface area contributed by atoms with E-state index in [2.05, 4.69) is 96.4 Å². The third-order valence-electron chi connectivity index (χ3n) is 3.99. The summed E-state index contributed by atoms with van der Waals surface area (Å²) in [6, 6.07) is 13.5. The number of hydrogen-bond acceptors (Lipinski definition) is 1. The maximum absolute atomic E-state index is 3.65. The summed E-state index contributed by atoms with van der Waals surface area (Å²) in [7, 11) is 0. The number of benzene rings is 2. The van der Waals surface area contributed by atoms with Gasteiger partial charge in [-0.15, -0.1) is 0 Å². The molecule has 0 radical (unpaired) electrons. The van der Waals surface area contributed by atoms with Crippen LogP contribution in [-0.2, 0) is 0 Å². The summed E-state index contributed by atoms with van der Waals surface area (Å²) in [5, 5.41) is 3.65. The summed E-state index contributed by atoms with van der Waals surface area (Å²) >= 11 is 10.9. The summed E-state index contributed by atoms with van der Waals surface area (Å²) in [6.45, 7) is 2.10. The van der Waals surface area contributed by atoms with Crippen LogP contribution in [0.5, 0.6) is 0 Å². The quantitative estimate of drug-likeness (QED) is 0.526. The molecule has 0 aliphatic heterocycles. The maximum atomic E-state index is 3.65. The molecule has 1 aliphatic carbocycles. The average molecular weight is 474 g/mol. The highest BCUT2D eigenvalue weighted by molar-refractivity contribution is 9.11. The van der Waals surface area contributed by atoms with Gasteiger partial charge in [0.05, 0.1) is 5.69 Å². The molecule has 0 unspecified atom stereocenters. The first-order chi connectivity index (χ1) is 10.0. The van der Waals surface area contributed by atoms with Crippen molar-refractivity contribution in [2.75, 3.05) is 5.32 Å². The molecule has 1 N–H and O–H groups in total. The lowest BCUT2D eigenvalue weighted by molar-refractivity contribution is 0.374. The summed E-state index contributed by atoms with van der Waals surface area (Å²) in [5.74, 6) is 0.669. The van der Waals surface area contributed by atoms with E-state index in [9.17, 15) is 0 Å². The Morgan fingerprint density at radius 2 is 1.67 bits per heavy atom. The average Bonchev–Trinajstić information content (AvgIpc) is 2.35. The number of anilines is 1. The second-order valence-corrected chi connectivity index (χ2v) is 8.29. The van der Waals surface area contributed by atoms with Crippen LogP contribution in [0.4, 0.5) is 5.69 Å². The molecule has 4 heteroatoms. The fourth-order valence-corrected chi connectivity index (χ4v) is 4.87. The van der Waals surface area contributed by atoms with Crippen LogP contribution < -0.4 is 5.32 Å². The molecule has 0 amide bonds. The third-order valence-corrected chi connectivity index (χ3v) is 5.74. The van der Waals surface area contributed by atoms with Crippen LogP contribution in [0.1, 0.15) is 29.9 Å². The van der Waals surface area contributed by atoms with Gasteiger partial charge in [0.15, 0.2) is 0 Å². The van der Waals surface area contributed by atoms with Gasteiger partial charge in [-0.1, -0.05) is 28.1 Å². The van der Waals surface area contributed by atoms with Crippen LogP contribution in [0.3, 0.4) is 0 Å². The largest absolute Gasteiger partial charge is 0.380 e. The van der Waals surface area contributed by atoms with E-state index >= 15 is 0 Å². The predicted octanol–water partition coefficient (Wildman–Crippen LogP) is 6.64. The Bertz CT molecular complexity index is 640. The normalized spacial score (nSPS) is 21.0. The predicted molar refractivity (Wildman–Crippen MR) is 100 cm³/mol. The molecule has 0 aromatic heterocycles. The van der Waals surface area contributed by atoms with Gasteiger partial charge in [-0.3, -0.25) is 0 Å². The van der Waals surface area contributed by atoms with E-state index in [1.165, 1.54) is 34.1 Å². The van der Waals surface area contributed by atoms with Crippen molar-refractivity contribution in [3.05, 3.63) is 60.9 Å². The number of hydrogen-bond donors (Lipinski definition) is 1. The zero-order valence-electron chi connectivity index (χ0n) is 11.7. The summed E-state index contributed by atoms with van der Waals surface area (Å²) in [5.41, 5.74) is 3.85. The van der Waals surface area contributed by atoms with Crippen LogP contribution in [-0.4, -0.2) is 6.04 Å². The lowest BCUT2D eigenvalue weighted by Gasteiger charge is -2.37. The molecule has 1 aliphatic rings. The smallest absolute Gasteiger partial charge is 0.0631 e. The molecule has 1 fully saturated rings. The van der Waals surface area contributed by atoms with E-state index in [-0.39, 0.29) is 0 Å². The molecule has 1 nitrogen and oxygen atoms in total. The number of rotatable bonds is 3. The Morgan fingerprint density at radius 3 is 2.29 bits per heavy atom. The van der Waals surface area contributed by atoms with Crippen molar-refractivity contribution in [1.82, 2.24) is 0 Å². The molecule has 2 aromatic rings. The minimum Gasteiger partial charge on any atom is -0.380 e. The SMILES string of the molecule is Cc1cc(Br)c(NC2CC(c3cccc(Br)c3)C2)c(Br)c1. The molecule has 3 rings (SSSR count). The highest BCUT2D eigenvalue weighted by Crippen LogP contribution is 2.41. The van der Waals surface area contributed by atoms with Crippen LogP contribution in [0.25, 0.3) is 0 Å². The Labute approximate surface area is 150 Å². The van der Waals surface area contributed by atoms with Gasteiger partial charge in [-0.25, -0.2) is 0 Å². The highest BCUT2D eigenvalue weighted by Gasteiger charge is 2.31. The van der Waals surface area contributed by atoms with E-state index in [0.29, 0.717) is 12.0 Å². The van der Waals surface area contributed by atoms with Crippen LogP contribution in [0.15, 0.2) is 49.8 Å². The van der Waals surface area contributed by atoms with E-state index in [1.807, 2.05) is 0 Å². The minimum absolute atomic E-state index is 0.546. The zero-order chi connectivity index (χ0) is 15.0. The van der Waals surface area contributed by atoms with E-state index < -0.39 is 0 Å². The summed E-state index contributed by atoms with van der Waals surface area (Å²) < 4.78 is 3.42. The van der Waals surface area contributed by atoms with Crippen molar-refractivity contribution in [3.8, 4) is 0 Å². The van der Waals surface area contributed by atoms with E-state index in [1.54, 1.807) is 0 Å². The topological polar surface area (TPSA) is 12.0 Å². The fraction of sp³-hybridized carbons (Fsp3) is 0.294. The van der Waals surface area contributed by atoms with E-state index in [4.69, 9.17) is 0 Å². The molecular weight excluding hydrogens is 458 g/mol. The molecule has 2 aromatic carbocycles. The Morgan fingerprint density at radius 1 is 1.00 bits per heavy atom. The van der Waals surface area contributed by atoms with Gasteiger partial charge in [0.1, 0.15) is 0 Å². The molecule has 0 spiro atoms. The van der Waals surface area contributed by atoms with Crippen molar-refractivity contribution in [2.24, 2.45) is 0 Å². The van der Waals surface area contributed by atoms with Gasteiger partial charge in [0.25, 0.3) is 0 Å². The maximum Gasteiger partial charge on any atom is 0.0631 e. The van der Waals surface area contributed by atoms with Crippen molar-refractivity contribution >= 4 is 53.5 Å². The van der Waals surface area contributed by atoms with Crippen LogP contribution in [0.2, 0.25) is 0 Å². The van der Waals surface area contributed by atoms with Gasteiger partial charge in [-0.05, 0) is 92.9 Å². The van der Waals surface area contributed by atoms with Gasteiger partial charge in [0, 0.05) is 19.5 Å². The number of aryl methyl sites for hydroxylation is 1. The monoisotopic (exact) mass is 471 g/mol. The number of nitrogens with one attached hydrogen (secondary N) is 1. The van der Waals surface area contributed by atoms with Crippen LogP contribution in [0, 0.1) is 6.92 Å². The first kappa shape index (κ1) is 15.6. The molecule has 0 atom stereocenters. The van der Waals surface area contributed by atoms with E-state index in [0.717, 1.165) is 8.95 Å². The van der Waals surface area contributed by atoms with Crippen molar-refractivity contribution < 1.29 is 0 Å². The molecule has 21 heavy (non-hydrogen) atoms. The molecule has 110 valence electrons. The van der Waals surface area contributed by atoms with Crippen molar-refractivity contribution in [1.29, 1.82) is 0 Å². The second kappa shape index (κ2) is 6.43. The van der Waals surface area contributed by atoms with Gasteiger partial charge in [0.2, 0.25) is 0 Å². The second-order valence-electron chi connectivity index (χ2n) is 5.67. The van der Waals surface area contributed by atoms with Crippen molar-refractivity contribution in [3.63, 3.8) is 0 Å². The Hall–Kier alpha value is -0.320. The van der Waals surface area contributed by atoms with Gasteiger partial charge in [-0.2, -0.15) is 0 Å². The minimum atomic E-state index is 0.546. The molecule has 1 saturated carbocycles. The Balaban J connectivity index is 1.65. The highest BCUT2D eigenvalue weighted by atomic mass is 79.9. The van der Waals surface area contributed by atoms with Crippen LogP contribution >= 0.6 is 47.8 Å². The number of halogens is 3. The van der Waals surface area contributed by atoms with Gasteiger partial charge >= 0.3 is 0 Å². The lowest BCUT2D eigenvalue weighted by atomic mass is 9.76. The first-order valence-electron chi connectivity index (χ1n) is 7.00. The molecule has 0 saturated heterocycles. The molecule has 0 bridgehead atoms. The first-order valence-corrected chi connectivity index (χ1v) is 9.38. The molecular formula is C17H16Br3N. The van der Waals surface area contributed by atoms with Crippen molar-refractivity contribution in [2.45, 2.75) is 31.7 Å². The third kappa shape index (κ3) is 3.54. The summed E-state index contributed by atoms with van der Waals surface area (Å²) in [6.07, 6.45) is 2.37. The fourth-order valence-electron chi connectivity index (χ4n) is 2.81. The lowest BCUT2D eigenvalue weighted by Crippen LogP contribution is -2.34. The zero-order valence-corrected chi connectivity index (χ0v) is 16.4.